The molecule has 12 heavy (non-hydrogen) atoms. The van der Waals surface area contributed by atoms with E-state index in [1.54, 1.807) is 0 Å². The fourth-order valence-electron chi connectivity index (χ4n) is 0.641. The predicted octanol–water partition coefficient (Wildman–Crippen LogP) is 0.517. The molecule has 1 aromatic rings. The average molecular weight is 173 g/mol. The lowest BCUT2D eigenvalue weighted by atomic mass is 10.5. The molecular formula is C3H3N5O4. The van der Waals surface area contributed by atoms with Crippen LogP contribution in [0.15, 0.2) is 5.18 Å². The normalized spacial score (nSPS) is 9.42. The van der Waals surface area contributed by atoms with Gasteiger partial charge in [-0.3, -0.25) is 20.4 Å². The molecule has 1 heterocycles. The zero-order valence-electron chi connectivity index (χ0n) is 5.51. The number of nitrogens with zero attached hydrogens (tertiary/aromatic N) is 3. The molecule has 3 N–H and O–H groups in total. The van der Waals surface area contributed by atoms with Crippen LogP contribution in [0.4, 0.5) is 17.3 Å². The van der Waals surface area contributed by atoms with Gasteiger partial charge in [0.15, 0.2) is 0 Å². The maximum absolute atomic E-state index is 10.2. The topological polar surface area (TPSA) is 134 Å². The highest BCUT2D eigenvalue weighted by Crippen LogP contribution is 2.31. The molecule has 0 unspecified atom stereocenters. The molecule has 0 saturated heterocycles. The molecule has 0 bridgehead atoms. The van der Waals surface area contributed by atoms with Crippen LogP contribution in [-0.4, -0.2) is 20.3 Å². The lowest BCUT2D eigenvalue weighted by Crippen LogP contribution is -1.94. The van der Waals surface area contributed by atoms with E-state index < -0.39 is 16.4 Å². The summed E-state index contributed by atoms with van der Waals surface area (Å²) in [6, 6.07) is 0. The Labute approximate surface area is 64.5 Å². The molecule has 0 amide bonds. The van der Waals surface area contributed by atoms with Crippen LogP contribution in [0.5, 0.6) is 0 Å². The molecule has 9 heteroatoms. The van der Waals surface area contributed by atoms with E-state index in [1.807, 2.05) is 5.10 Å². The van der Waals surface area contributed by atoms with Gasteiger partial charge in [-0.25, -0.2) is 5.48 Å². The van der Waals surface area contributed by atoms with Gasteiger partial charge in [-0.15, -0.1) is 10.0 Å². The number of aromatic amines is 1. The molecule has 0 radical (unpaired) electrons. The Morgan fingerprint density at radius 2 is 2.42 bits per heavy atom. The number of nitroso groups, excluding NO2 is 1. The highest BCUT2D eigenvalue weighted by molar-refractivity contribution is 5.66. The molecule has 1 aromatic heterocycles. The van der Waals surface area contributed by atoms with Crippen molar-refractivity contribution in [3.8, 4) is 0 Å². The van der Waals surface area contributed by atoms with Crippen molar-refractivity contribution in [3.63, 3.8) is 0 Å². The number of H-pyrrole nitrogens is 1. The summed E-state index contributed by atoms with van der Waals surface area (Å²) in [5.41, 5.74) is 0.786. The third-order valence-electron chi connectivity index (χ3n) is 1.10. The van der Waals surface area contributed by atoms with Crippen molar-refractivity contribution >= 4 is 17.3 Å². The number of nitro groups is 1. The second-order valence-electron chi connectivity index (χ2n) is 1.73. The lowest BCUT2D eigenvalue weighted by Gasteiger charge is -1.90. The highest BCUT2D eigenvalue weighted by atomic mass is 16.6. The molecule has 0 aliphatic rings. The molecule has 0 atom stereocenters. The van der Waals surface area contributed by atoms with Gasteiger partial charge in [0.25, 0.3) is 5.82 Å². The van der Waals surface area contributed by atoms with E-state index in [9.17, 15) is 15.0 Å². The summed E-state index contributed by atoms with van der Waals surface area (Å²) < 4.78 is 0. The molecule has 1 rings (SSSR count). The Hall–Kier alpha value is -2.03. The summed E-state index contributed by atoms with van der Waals surface area (Å²) >= 11 is 0. The number of nitrogens with one attached hydrogen (secondary N) is 2. The number of hydrogen-bond acceptors (Lipinski definition) is 7. The fraction of sp³-hybridized carbons (Fsp3) is 0. The van der Waals surface area contributed by atoms with Gasteiger partial charge in [0.05, 0.1) is 4.92 Å². The second-order valence-corrected chi connectivity index (χ2v) is 1.73. The van der Waals surface area contributed by atoms with Crippen molar-refractivity contribution in [1.29, 1.82) is 0 Å². The minimum atomic E-state index is -0.890. The predicted molar refractivity (Wildman–Crippen MR) is 36.1 cm³/mol. The Kier molecular flexibility index (Phi) is 1.96. The first-order valence-corrected chi connectivity index (χ1v) is 2.67. The Morgan fingerprint density at radius 1 is 1.75 bits per heavy atom. The number of anilines is 1. The van der Waals surface area contributed by atoms with E-state index in [2.05, 4.69) is 10.3 Å². The minimum absolute atomic E-state index is 0.380. The van der Waals surface area contributed by atoms with E-state index in [0.29, 0.717) is 0 Å². The molecule has 0 aromatic carbocycles. The van der Waals surface area contributed by atoms with Crippen LogP contribution in [0.1, 0.15) is 0 Å². The summed E-state index contributed by atoms with van der Waals surface area (Å²) in [5.74, 6) is -0.994. The average Bonchev–Trinajstić information content (AvgIpc) is 2.46. The summed E-state index contributed by atoms with van der Waals surface area (Å²) in [6.45, 7) is 0. The van der Waals surface area contributed by atoms with Crippen LogP contribution in [-0.2, 0) is 0 Å². The van der Waals surface area contributed by atoms with Gasteiger partial charge >= 0.3 is 5.69 Å². The first kappa shape index (κ1) is 8.07. The molecule has 0 spiro atoms. The standard InChI is InChI=1S/C3H3N5O4/c9-6-2-1(8(11)12)3(7-10)5-4-2/h9H,(H2,4,5,6). The van der Waals surface area contributed by atoms with E-state index in [0.717, 1.165) is 0 Å². The SMILES string of the molecule is O=Nc1n[nH]c(NO)c1[N+](=O)[O-]. The van der Waals surface area contributed by atoms with Gasteiger partial charge in [-0.2, -0.15) is 0 Å². The quantitative estimate of drug-likeness (QED) is 0.346. The van der Waals surface area contributed by atoms with E-state index in [-0.39, 0.29) is 5.82 Å². The van der Waals surface area contributed by atoms with Crippen molar-refractivity contribution in [3.05, 3.63) is 15.0 Å². The monoisotopic (exact) mass is 173 g/mol. The molecule has 0 saturated carbocycles. The fourth-order valence-corrected chi connectivity index (χ4v) is 0.641. The van der Waals surface area contributed by atoms with Crippen molar-refractivity contribution in [1.82, 2.24) is 10.2 Å². The number of rotatable bonds is 3. The first-order valence-electron chi connectivity index (χ1n) is 2.67. The summed E-state index contributed by atoms with van der Waals surface area (Å²) in [4.78, 5) is 19.2. The van der Waals surface area contributed by atoms with Crippen LogP contribution in [0.25, 0.3) is 0 Å². The van der Waals surface area contributed by atoms with E-state index in [1.165, 1.54) is 5.48 Å². The Morgan fingerprint density at radius 3 is 2.83 bits per heavy atom. The van der Waals surface area contributed by atoms with Crippen LogP contribution in [0.2, 0.25) is 0 Å². The Balaban J connectivity index is 3.25. The summed E-state index contributed by atoms with van der Waals surface area (Å²) in [6.07, 6.45) is 0. The van der Waals surface area contributed by atoms with Crippen molar-refractivity contribution in [2.75, 3.05) is 5.48 Å². The number of aromatic nitrogens is 2. The molecule has 0 aliphatic carbocycles. The smallest absolute Gasteiger partial charge is 0.290 e. The van der Waals surface area contributed by atoms with Crippen LogP contribution >= 0.6 is 0 Å². The van der Waals surface area contributed by atoms with Crippen molar-refractivity contribution < 1.29 is 10.1 Å². The highest BCUT2D eigenvalue weighted by Gasteiger charge is 2.24. The third kappa shape index (κ3) is 1.08. The minimum Gasteiger partial charge on any atom is -0.290 e. The van der Waals surface area contributed by atoms with Gasteiger partial charge in [0, 0.05) is 0 Å². The second kappa shape index (κ2) is 2.92. The zero-order valence-corrected chi connectivity index (χ0v) is 5.51. The summed E-state index contributed by atoms with van der Waals surface area (Å²) in [7, 11) is 0. The van der Waals surface area contributed by atoms with Crippen LogP contribution in [0.3, 0.4) is 0 Å². The summed E-state index contributed by atoms with van der Waals surface area (Å²) in [5, 5.41) is 26.0. The van der Waals surface area contributed by atoms with Gasteiger partial charge in [-0.1, -0.05) is 0 Å². The largest absolute Gasteiger partial charge is 0.362 e. The molecule has 0 fully saturated rings. The third-order valence-corrected chi connectivity index (χ3v) is 1.10. The molecule has 0 aliphatic heterocycles. The molecular weight excluding hydrogens is 170 g/mol. The first-order chi connectivity index (χ1) is 5.70. The number of hydrogen-bond donors (Lipinski definition) is 3. The van der Waals surface area contributed by atoms with Crippen molar-refractivity contribution in [2.45, 2.75) is 0 Å². The van der Waals surface area contributed by atoms with Gasteiger partial charge < -0.3 is 0 Å². The van der Waals surface area contributed by atoms with Gasteiger partial charge in [0.2, 0.25) is 5.82 Å². The lowest BCUT2D eigenvalue weighted by molar-refractivity contribution is -0.383. The zero-order chi connectivity index (χ0) is 9.14. The maximum atomic E-state index is 10.2. The Bertz CT molecular complexity index is 318. The maximum Gasteiger partial charge on any atom is 0.362 e. The molecule has 64 valence electrons. The van der Waals surface area contributed by atoms with E-state index in [4.69, 9.17) is 5.21 Å². The van der Waals surface area contributed by atoms with Crippen molar-refractivity contribution in [2.24, 2.45) is 5.18 Å². The molecule has 9 nitrogen and oxygen atoms in total. The van der Waals surface area contributed by atoms with E-state index >= 15 is 0 Å². The van der Waals surface area contributed by atoms with Gasteiger partial charge in [0.1, 0.15) is 0 Å². The van der Waals surface area contributed by atoms with Crippen LogP contribution < -0.4 is 5.48 Å². The van der Waals surface area contributed by atoms with Gasteiger partial charge in [-0.05, 0) is 5.18 Å². The van der Waals surface area contributed by atoms with Crippen LogP contribution in [0, 0.1) is 15.0 Å².